The van der Waals surface area contributed by atoms with Crippen LogP contribution in [-0.2, 0) is 11.2 Å². The monoisotopic (exact) mass is 360 g/mol. The summed E-state index contributed by atoms with van der Waals surface area (Å²) in [6, 6.07) is 9.07. The fourth-order valence-corrected chi connectivity index (χ4v) is 3.40. The van der Waals surface area contributed by atoms with Gasteiger partial charge in [0.1, 0.15) is 0 Å². The predicted octanol–water partition coefficient (Wildman–Crippen LogP) is 2.83. The van der Waals surface area contributed by atoms with E-state index in [1.807, 2.05) is 7.05 Å². The van der Waals surface area contributed by atoms with Crippen LogP contribution in [0, 0.1) is 5.92 Å². The van der Waals surface area contributed by atoms with Crippen LogP contribution in [0.4, 0.5) is 0 Å². The van der Waals surface area contributed by atoms with Gasteiger partial charge >= 0.3 is 0 Å². The van der Waals surface area contributed by atoms with Crippen molar-refractivity contribution in [2.75, 3.05) is 46.9 Å². The topological polar surface area (TPSA) is 48.9 Å². The fraction of sp³-hybridized carbons (Fsp3) is 0.667. The summed E-state index contributed by atoms with van der Waals surface area (Å²) in [6.45, 7) is 9.57. The summed E-state index contributed by atoms with van der Waals surface area (Å²) in [5.74, 6) is 1.60. The third-order valence-corrected chi connectivity index (χ3v) is 5.34. The van der Waals surface area contributed by atoms with Gasteiger partial charge in [-0.05, 0) is 56.3 Å². The molecule has 5 heteroatoms. The highest BCUT2D eigenvalue weighted by molar-refractivity contribution is 5.80. The first-order valence-corrected chi connectivity index (χ1v) is 9.93. The Balaban J connectivity index is 1.73. The van der Waals surface area contributed by atoms with Crippen molar-refractivity contribution in [1.29, 1.82) is 0 Å². The molecule has 2 N–H and O–H groups in total. The molecule has 0 spiro atoms. The van der Waals surface area contributed by atoms with E-state index in [2.05, 4.69) is 58.6 Å². The standard InChI is InChI=1S/C21H36N4O/c1-5-18-6-8-20(9-7-18)17(2)24-21(22-3)23-16-19-10-12-25(13-11-19)14-15-26-4/h6-9,17,19H,5,10-16H2,1-4H3,(H2,22,23,24). The quantitative estimate of drug-likeness (QED) is 0.553. The Morgan fingerprint density at radius 1 is 1.27 bits per heavy atom. The van der Waals surface area contributed by atoms with Crippen molar-refractivity contribution >= 4 is 5.96 Å². The minimum Gasteiger partial charge on any atom is -0.383 e. The largest absolute Gasteiger partial charge is 0.383 e. The lowest BCUT2D eigenvalue weighted by molar-refractivity contribution is 0.121. The summed E-state index contributed by atoms with van der Waals surface area (Å²) >= 11 is 0. The van der Waals surface area contributed by atoms with Gasteiger partial charge in [0, 0.05) is 27.2 Å². The van der Waals surface area contributed by atoms with E-state index < -0.39 is 0 Å². The Bertz CT molecular complexity index is 535. The minimum absolute atomic E-state index is 0.239. The Hall–Kier alpha value is -1.59. The van der Waals surface area contributed by atoms with Crippen molar-refractivity contribution in [3.05, 3.63) is 35.4 Å². The number of piperidine rings is 1. The van der Waals surface area contributed by atoms with Crippen molar-refractivity contribution in [3.63, 3.8) is 0 Å². The van der Waals surface area contributed by atoms with Crippen molar-refractivity contribution in [2.45, 2.75) is 39.2 Å². The van der Waals surface area contributed by atoms with E-state index in [1.165, 1.54) is 37.1 Å². The molecule has 0 amide bonds. The zero-order chi connectivity index (χ0) is 18.8. The lowest BCUT2D eigenvalue weighted by Gasteiger charge is -2.32. The Morgan fingerprint density at radius 2 is 1.96 bits per heavy atom. The third-order valence-electron chi connectivity index (χ3n) is 5.34. The van der Waals surface area contributed by atoms with Gasteiger partial charge in [-0.15, -0.1) is 0 Å². The van der Waals surface area contributed by atoms with Gasteiger partial charge in [0.25, 0.3) is 0 Å². The van der Waals surface area contributed by atoms with E-state index in [9.17, 15) is 0 Å². The van der Waals surface area contributed by atoms with E-state index >= 15 is 0 Å². The molecule has 0 saturated carbocycles. The number of rotatable bonds is 8. The molecule has 1 unspecified atom stereocenters. The van der Waals surface area contributed by atoms with Gasteiger partial charge in [-0.2, -0.15) is 0 Å². The van der Waals surface area contributed by atoms with Gasteiger partial charge in [-0.3, -0.25) is 4.99 Å². The highest BCUT2D eigenvalue weighted by Gasteiger charge is 2.19. The van der Waals surface area contributed by atoms with Gasteiger partial charge in [-0.25, -0.2) is 0 Å². The average molecular weight is 361 g/mol. The minimum atomic E-state index is 0.239. The first kappa shape index (κ1) is 20.7. The SMILES string of the molecule is CCc1ccc(C(C)NC(=NC)NCC2CCN(CCOC)CC2)cc1. The van der Waals surface area contributed by atoms with Crippen LogP contribution in [0.5, 0.6) is 0 Å². The number of nitrogens with one attached hydrogen (secondary N) is 2. The molecule has 1 atom stereocenters. The number of guanidine groups is 1. The summed E-state index contributed by atoms with van der Waals surface area (Å²) in [4.78, 5) is 6.89. The molecule has 1 aromatic rings. The summed E-state index contributed by atoms with van der Waals surface area (Å²) < 4.78 is 5.17. The molecule has 2 rings (SSSR count). The normalized spacial score (nSPS) is 17.9. The molecule has 1 heterocycles. The predicted molar refractivity (Wildman–Crippen MR) is 110 cm³/mol. The number of methoxy groups -OCH3 is 1. The van der Waals surface area contributed by atoms with E-state index in [0.29, 0.717) is 5.92 Å². The van der Waals surface area contributed by atoms with E-state index in [4.69, 9.17) is 4.74 Å². The Labute approximate surface area is 159 Å². The molecule has 0 aliphatic carbocycles. The number of aryl methyl sites for hydroxylation is 1. The van der Waals surface area contributed by atoms with Crippen LogP contribution in [0.15, 0.2) is 29.3 Å². The van der Waals surface area contributed by atoms with Gasteiger partial charge in [0.05, 0.1) is 12.6 Å². The number of nitrogens with zero attached hydrogens (tertiary/aromatic N) is 2. The van der Waals surface area contributed by atoms with E-state index in [1.54, 1.807) is 7.11 Å². The molecule has 5 nitrogen and oxygen atoms in total. The molecule has 1 aromatic carbocycles. The van der Waals surface area contributed by atoms with Crippen LogP contribution in [0.3, 0.4) is 0 Å². The number of aliphatic imine (C=N–C) groups is 1. The number of benzene rings is 1. The van der Waals surface area contributed by atoms with Gasteiger partial charge in [0.15, 0.2) is 5.96 Å². The Morgan fingerprint density at radius 3 is 2.54 bits per heavy atom. The zero-order valence-corrected chi connectivity index (χ0v) is 16.9. The third kappa shape index (κ3) is 6.61. The lowest BCUT2D eigenvalue weighted by Crippen LogP contribution is -2.43. The average Bonchev–Trinajstić information content (AvgIpc) is 2.70. The van der Waals surface area contributed by atoms with Crippen molar-refractivity contribution < 1.29 is 4.74 Å². The maximum atomic E-state index is 5.17. The molecule has 0 bridgehead atoms. The smallest absolute Gasteiger partial charge is 0.191 e. The zero-order valence-electron chi connectivity index (χ0n) is 16.9. The number of hydrogen-bond donors (Lipinski definition) is 2. The number of ether oxygens (including phenoxy) is 1. The summed E-state index contributed by atoms with van der Waals surface area (Å²) in [5.41, 5.74) is 2.66. The second-order valence-corrected chi connectivity index (χ2v) is 7.19. The first-order chi connectivity index (χ1) is 12.7. The summed E-state index contributed by atoms with van der Waals surface area (Å²) in [6.07, 6.45) is 3.55. The molecule has 26 heavy (non-hydrogen) atoms. The highest BCUT2D eigenvalue weighted by atomic mass is 16.5. The maximum absolute atomic E-state index is 5.17. The second-order valence-electron chi connectivity index (χ2n) is 7.19. The summed E-state index contributed by atoms with van der Waals surface area (Å²) in [7, 11) is 3.62. The molecule has 0 radical (unpaired) electrons. The van der Waals surface area contributed by atoms with Gasteiger partial charge in [-0.1, -0.05) is 31.2 Å². The van der Waals surface area contributed by atoms with Crippen LogP contribution in [0.1, 0.15) is 43.9 Å². The van der Waals surface area contributed by atoms with Crippen molar-refractivity contribution in [2.24, 2.45) is 10.9 Å². The molecular weight excluding hydrogens is 324 g/mol. The first-order valence-electron chi connectivity index (χ1n) is 9.93. The van der Waals surface area contributed by atoms with Gasteiger partial charge in [0.2, 0.25) is 0 Å². The fourth-order valence-electron chi connectivity index (χ4n) is 3.40. The Kier molecular flexibility index (Phi) is 8.92. The maximum Gasteiger partial charge on any atom is 0.191 e. The molecule has 0 aromatic heterocycles. The molecular formula is C21H36N4O. The van der Waals surface area contributed by atoms with E-state index in [-0.39, 0.29) is 6.04 Å². The van der Waals surface area contributed by atoms with Crippen LogP contribution in [-0.4, -0.2) is 57.8 Å². The highest BCUT2D eigenvalue weighted by Crippen LogP contribution is 2.16. The van der Waals surface area contributed by atoms with Gasteiger partial charge < -0.3 is 20.3 Å². The molecule has 1 saturated heterocycles. The van der Waals surface area contributed by atoms with Crippen molar-refractivity contribution in [1.82, 2.24) is 15.5 Å². The number of hydrogen-bond acceptors (Lipinski definition) is 3. The summed E-state index contributed by atoms with van der Waals surface area (Å²) in [5, 5.41) is 7.02. The van der Waals surface area contributed by atoms with Crippen LogP contribution in [0.25, 0.3) is 0 Å². The molecule has 1 fully saturated rings. The van der Waals surface area contributed by atoms with Crippen LogP contribution >= 0.6 is 0 Å². The van der Waals surface area contributed by atoms with E-state index in [0.717, 1.165) is 32.1 Å². The number of likely N-dealkylation sites (tertiary alicyclic amines) is 1. The van der Waals surface area contributed by atoms with Crippen LogP contribution < -0.4 is 10.6 Å². The van der Waals surface area contributed by atoms with Crippen LogP contribution in [0.2, 0.25) is 0 Å². The lowest BCUT2D eigenvalue weighted by atomic mass is 9.97. The molecule has 1 aliphatic heterocycles. The molecule has 1 aliphatic rings. The molecule has 146 valence electrons. The van der Waals surface area contributed by atoms with Crippen molar-refractivity contribution in [3.8, 4) is 0 Å². The second kappa shape index (κ2) is 11.2.